The molecule has 0 unspecified atom stereocenters. The lowest BCUT2D eigenvalue weighted by Gasteiger charge is -2.16. The van der Waals surface area contributed by atoms with Crippen LogP contribution >= 0.6 is 0 Å². The molecule has 0 aliphatic heterocycles. The fraction of sp³-hybridized carbons (Fsp3) is 0. The molecule has 4 N–H and O–H groups in total. The lowest BCUT2D eigenvalue weighted by Crippen LogP contribution is -2.35. The molecule has 12 nitrogen and oxygen atoms in total. The van der Waals surface area contributed by atoms with E-state index in [1.165, 1.54) is 21.3 Å². The zero-order chi connectivity index (χ0) is 38.5. The van der Waals surface area contributed by atoms with Crippen molar-refractivity contribution in [1.82, 2.24) is 9.97 Å². The monoisotopic (exact) mass is 740 g/mol. The molecule has 0 radical (unpaired) electrons. The normalized spacial score (nSPS) is 11.3. The number of aromatic hydroxyl groups is 4. The van der Waals surface area contributed by atoms with Gasteiger partial charge in [-0.3, -0.25) is 9.97 Å². The van der Waals surface area contributed by atoms with E-state index in [0.29, 0.717) is 22.5 Å². The van der Waals surface area contributed by atoms with Crippen LogP contribution in [0.15, 0.2) is 165 Å². The summed E-state index contributed by atoms with van der Waals surface area (Å²) in [7, 11) is 0. The third-order valence-corrected chi connectivity index (χ3v) is 9.56. The molecule has 56 heavy (non-hydrogen) atoms. The second kappa shape index (κ2) is 13.4. The molecular formula is C44H28N4O8+2. The van der Waals surface area contributed by atoms with Crippen molar-refractivity contribution < 1.29 is 38.4 Å². The van der Waals surface area contributed by atoms with Crippen LogP contribution in [0.5, 0.6) is 23.0 Å². The van der Waals surface area contributed by atoms with Crippen LogP contribution in [-0.2, 0) is 0 Å². The quantitative estimate of drug-likeness (QED) is 0.0813. The summed E-state index contributed by atoms with van der Waals surface area (Å²) in [6, 6.07) is 30.3. The van der Waals surface area contributed by atoms with Crippen LogP contribution < -0.4 is 20.4 Å². The Morgan fingerprint density at radius 3 is 1.18 bits per heavy atom. The minimum atomic E-state index is -1.02. The first-order valence-corrected chi connectivity index (χ1v) is 17.3. The van der Waals surface area contributed by atoms with Crippen molar-refractivity contribution in [3.8, 4) is 79.1 Å². The van der Waals surface area contributed by atoms with Crippen LogP contribution in [0, 0.1) is 0 Å². The van der Waals surface area contributed by atoms with Gasteiger partial charge in [-0.05, 0) is 48.5 Å². The van der Waals surface area contributed by atoms with Crippen LogP contribution in [0.25, 0.3) is 78.1 Å². The number of phenols is 2. The van der Waals surface area contributed by atoms with Crippen LogP contribution in [-0.4, -0.2) is 30.4 Å². The number of benzene rings is 3. The molecule has 0 amide bonds. The van der Waals surface area contributed by atoms with Crippen LogP contribution in [0.3, 0.4) is 0 Å². The molecule has 270 valence electrons. The molecule has 0 aliphatic carbocycles. The van der Waals surface area contributed by atoms with E-state index in [1.807, 2.05) is 24.3 Å². The fourth-order valence-corrected chi connectivity index (χ4v) is 6.94. The molecule has 9 aromatic rings. The largest absolute Gasteiger partial charge is 0.506 e. The van der Waals surface area contributed by atoms with Gasteiger partial charge in [0.25, 0.3) is 11.4 Å². The van der Waals surface area contributed by atoms with E-state index >= 15 is 0 Å². The highest BCUT2D eigenvalue weighted by Gasteiger charge is 2.41. The van der Waals surface area contributed by atoms with E-state index in [2.05, 4.69) is 9.97 Å². The highest BCUT2D eigenvalue weighted by atomic mass is 16.4. The van der Waals surface area contributed by atoms with Gasteiger partial charge in [0.05, 0.1) is 22.2 Å². The Morgan fingerprint density at radius 2 is 0.804 bits per heavy atom. The van der Waals surface area contributed by atoms with E-state index in [-0.39, 0.29) is 44.4 Å². The average molecular weight is 741 g/mol. The predicted octanol–water partition coefficient (Wildman–Crippen LogP) is 6.73. The molecule has 3 aromatic carbocycles. The number of fused-ring (bicyclic) bond motifs is 2. The first-order valence-electron chi connectivity index (χ1n) is 17.3. The first-order chi connectivity index (χ1) is 27.3. The molecular weight excluding hydrogens is 713 g/mol. The molecule has 12 heteroatoms. The lowest BCUT2D eigenvalue weighted by molar-refractivity contribution is -0.599. The number of nitrogens with zero attached hydrogens (tertiary/aromatic N) is 4. The number of aromatic nitrogens is 4. The maximum Gasteiger partial charge on any atom is 0.348 e. The SMILES string of the molecule is O=c1oc2ccccc2c(O)c1-c1c(O)c(-[n+]2ccc(-c3ccccn3)cc2)c(-c2c(O)c3ccccc3oc2=O)c(O)c1-[n+]1ccc(-c2ccccn2)cc1. The van der Waals surface area contributed by atoms with Gasteiger partial charge < -0.3 is 29.3 Å². The summed E-state index contributed by atoms with van der Waals surface area (Å²) in [6.07, 6.45) is 9.53. The minimum Gasteiger partial charge on any atom is -0.506 e. The number of para-hydroxylation sites is 2. The van der Waals surface area contributed by atoms with E-state index < -0.39 is 45.4 Å². The molecule has 6 heterocycles. The maximum atomic E-state index is 13.9. The van der Waals surface area contributed by atoms with Crippen molar-refractivity contribution in [3.05, 3.63) is 167 Å². The number of hydrogen-bond donors (Lipinski definition) is 4. The second-order valence-electron chi connectivity index (χ2n) is 12.8. The van der Waals surface area contributed by atoms with Crippen molar-refractivity contribution in [2.24, 2.45) is 0 Å². The van der Waals surface area contributed by atoms with Gasteiger partial charge in [-0.15, -0.1) is 0 Å². The summed E-state index contributed by atoms with van der Waals surface area (Å²) in [6.45, 7) is 0. The molecule has 0 fully saturated rings. The Morgan fingerprint density at radius 1 is 0.429 bits per heavy atom. The Kier molecular flexibility index (Phi) is 8.05. The molecule has 0 spiro atoms. The lowest BCUT2D eigenvalue weighted by atomic mass is 9.92. The third-order valence-electron chi connectivity index (χ3n) is 9.56. The van der Waals surface area contributed by atoms with Gasteiger partial charge in [0.15, 0.2) is 24.8 Å². The summed E-state index contributed by atoms with van der Waals surface area (Å²) < 4.78 is 14.1. The van der Waals surface area contributed by atoms with E-state index in [9.17, 15) is 30.0 Å². The fourth-order valence-electron chi connectivity index (χ4n) is 6.94. The summed E-state index contributed by atoms with van der Waals surface area (Å²) in [5.41, 5.74) is -1.23. The van der Waals surface area contributed by atoms with Crippen LogP contribution in [0.1, 0.15) is 0 Å². The summed E-state index contributed by atoms with van der Waals surface area (Å²) >= 11 is 0. The Balaban J connectivity index is 1.42. The van der Waals surface area contributed by atoms with Crippen LogP contribution in [0.2, 0.25) is 0 Å². The Hall–Kier alpha value is -8.12. The molecule has 0 atom stereocenters. The van der Waals surface area contributed by atoms with Gasteiger partial charge in [-0.1, -0.05) is 36.4 Å². The number of hydrogen-bond acceptors (Lipinski definition) is 10. The highest BCUT2D eigenvalue weighted by Crippen LogP contribution is 2.51. The van der Waals surface area contributed by atoms with Gasteiger partial charge in [0.2, 0.25) is 11.5 Å². The van der Waals surface area contributed by atoms with E-state index in [1.54, 1.807) is 110 Å². The molecule has 9 rings (SSSR count). The topological polar surface area (TPSA) is 175 Å². The van der Waals surface area contributed by atoms with E-state index in [0.717, 1.165) is 0 Å². The van der Waals surface area contributed by atoms with Gasteiger partial charge in [-0.25, -0.2) is 9.59 Å². The van der Waals surface area contributed by atoms with Gasteiger partial charge in [0.1, 0.15) is 44.9 Å². The summed E-state index contributed by atoms with van der Waals surface area (Å²) in [4.78, 5) is 36.7. The Bertz CT molecular complexity index is 2880. The second-order valence-corrected chi connectivity index (χ2v) is 12.8. The van der Waals surface area contributed by atoms with Crippen LogP contribution in [0.4, 0.5) is 0 Å². The molecule has 6 aromatic heterocycles. The number of rotatable bonds is 6. The summed E-state index contributed by atoms with van der Waals surface area (Å²) in [5.74, 6) is -2.37. The molecule has 0 aliphatic rings. The number of phenolic OH excluding ortho intramolecular Hbond substituents is 2. The van der Waals surface area contributed by atoms with Gasteiger partial charge in [0, 0.05) is 47.8 Å². The summed E-state index contributed by atoms with van der Waals surface area (Å²) in [5, 5.41) is 49.2. The third kappa shape index (κ3) is 5.48. The van der Waals surface area contributed by atoms with E-state index in [4.69, 9.17) is 8.83 Å². The Labute approximate surface area is 316 Å². The van der Waals surface area contributed by atoms with Crippen molar-refractivity contribution in [2.75, 3.05) is 0 Å². The van der Waals surface area contributed by atoms with Crippen molar-refractivity contribution in [2.45, 2.75) is 0 Å². The highest BCUT2D eigenvalue weighted by molar-refractivity contribution is 6.00. The van der Waals surface area contributed by atoms with Gasteiger partial charge in [-0.2, -0.15) is 9.13 Å². The first kappa shape index (κ1) is 33.7. The minimum absolute atomic E-state index is 0.0893. The zero-order valence-corrected chi connectivity index (χ0v) is 29.1. The smallest absolute Gasteiger partial charge is 0.348 e. The predicted molar refractivity (Wildman–Crippen MR) is 206 cm³/mol. The molecule has 0 saturated heterocycles. The van der Waals surface area contributed by atoms with Crippen molar-refractivity contribution >= 4 is 21.9 Å². The van der Waals surface area contributed by atoms with Gasteiger partial charge >= 0.3 is 11.3 Å². The maximum absolute atomic E-state index is 13.9. The molecule has 0 saturated carbocycles. The van der Waals surface area contributed by atoms with Crippen molar-refractivity contribution in [3.63, 3.8) is 0 Å². The van der Waals surface area contributed by atoms with Crippen molar-refractivity contribution in [1.29, 1.82) is 0 Å². The number of pyridine rings is 4. The standard InChI is InChI=1S/C44H26N4O8/c49-39-27-9-1-3-13-31(27)55-43(53)35(39)33-37(47-21-15-25(16-22-47)29-11-5-7-19-45-29)42(52)34(36-40(50)28-10-2-4-14-32(28)56-44(36)54)38(41(33)51)48-23-17-26(18-24-48)30-12-6-8-20-46-30/h1-24,45H,(H-,46,49,50,51,52,53,54)/p+2. The average Bonchev–Trinajstić information content (AvgIpc) is 3.23. The zero-order valence-electron chi connectivity index (χ0n) is 29.1. The molecule has 0 bridgehead atoms.